The van der Waals surface area contributed by atoms with E-state index < -0.39 is 28.0 Å². The number of nitrogens with one attached hydrogen (secondary N) is 2. The average Bonchev–Trinajstić information content (AvgIpc) is 3.44. The molecule has 4 amide bonds. The number of benzene rings is 1. The van der Waals surface area contributed by atoms with Crippen LogP contribution in [0, 0.1) is 18.8 Å². The number of halogens is 2. The van der Waals surface area contributed by atoms with Gasteiger partial charge in [-0.15, -0.1) is 0 Å². The van der Waals surface area contributed by atoms with Gasteiger partial charge in [-0.1, -0.05) is 12.1 Å². The number of allylic oxidation sites excluding steroid dienone is 2. The lowest BCUT2D eigenvalue weighted by Gasteiger charge is -2.34. The minimum Gasteiger partial charge on any atom is -0.328 e. The van der Waals surface area contributed by atoms with Gasteiger partial charge in [0.1, 0.15) is 11.4 Å². The maximum atomic E-state index is 13.2. The monoisotopic (exact) mass is 591 g/mol. The van der Waals surface area contributed by atoms with E-state index in [9.17, 15) is 31.6 Å². The Bertz CT molecular complexity index is 1360. The van der Waals surface area contributed by atoms with Crippen LogP contribution in [0.5, 0.6) is 0 Å². The molecular weight excluding hydrogens is 556 g/mol. The highest BCUT2D eigenvalue weighted by Gasteiger charge is 2.48. The lowest BCUT2D eigenvalue weighted by atomic mass is 9.81. The van der Waals surface area contributed by atoms with Gasteiger partial charge in [0.25, 0.3) is 18.2 Å². The molecule has 0 bridgehead atoms. The number of amides is 4. The van der Waals surface area contributed by atoms with Crippen molar-refractivity contribution >= 4 is 39.4 Å². The maximum Gasteiger partial charge on any atom is 0.329 e. The number of anilines is 1. The first kappa shape index (κ1) is 29.3. The number of carbonyl (C=O) groups excluding carboxylic acids is 3. The van der Waals surface area contributed by atoms with Gasteiger partial charge in [-0.25, -0.2) is 31.2 Å². The zero-order chi connectivity index (χ0) is 29.4. The van der Waals surface area contributed by atoms with Crippen LogP contribution in [0.4, 0.5) is 19.3 Å². The molecule has 1 spiro atoms. The fourth-order valence-electron chi connectivity index (χ4n) is 6.19. The predicted octanol–water partition coefficient (Wildman–Crippen LogP) is 2.91. The Kier molecular flexibility index (Phi) is 8.29. The fraction of sp³-hybridized carbons (Fsp3) is 0.571. The topological polar surface area (TPSA) is 128 Å². The number of alkyl halides is 2. The number of aliphatic imine (C=N–C) groups is 1. The van der Waals surface area contributed by atoms with Crippen molar-refractivity contribution in [1.82, 2.24) is 14.9 Å². The van der Waals surface area contributed by atoms with Crippen LogP contribution in [-0.4, -0.2) is 73.8 Å². The van der Waals surface area contributed by atoms with Gasteiger partial charge in [0.2, 0.25) is 10.0 Å². The van der Waals surface area contributed by atoms with Crippen LogP contribution in [0.1, 0.15) is 49.7 Å². The first-order chi connectivity index (χ1) is 19.5. The molecule has 1 aromatic rings. The third-order valence-corrected chi connectivity index (χ3v) is 10.6. The second-order valence-electron chi connectivity index (χ2n) is 11.3. The highest BCUT2D eigenvalue weighted by atomic mass is 32.2. The number of nitrogens with zero attached hydrogens (tertiary/aromatic N) is 3. The van der Waals surface area contributed by atoms with Gasteiger partial charge >= 0.3 is 6.03 Å². The van der Waals surface area contributed by atoms with E-state index in [1.54, 1.807) is 24.3 Å². The van der Waals surface area contributed by atoms with Crippen LogP contribution in [0.25, 0.3) is 0 Å². The first-order valence-corrected chi connectivity index (χ1v) is 15.6. The van der Waals surface area contributed by atoms with Crippen LogP contribution in [0.2, 0.25) is 0 Å². The van der Waals surface area contributed by atoms with Gasteiger partial charge < -0.3 is 10.6 Å². The van der Waals surface area contributed by atoms with E-state index in [-0.39, 0.29) is 55.5 Å². The number of carbonyl (C=O) groups is 3. The fourth-order valence-corrected chi connectivity index (χ4v) is 7.66. The van der Waals surface area contributed by atoms with Gasteiger partial charge in [0, 0.05) is 19.0 Å². The van der Waals surface area contributed by atoms with Crippen LogP contribution in [0.3, 0.4) is 0 Å². The van der Waals surface area contributed by atoms with Gasteiger partial charge in [0.05, 0.1) is 18.0 Å². The molecule has 0 radical (unpaired) electrons. The normalized spacial score (nSPS) is 25.3. The SMILES string of the molecule is Cc1cc(N2C(=O)CNC2=O)ccc1CCS(=O)(=O)N1CCC2(CC1)N=C(C1CCC(/C=C/C(F)F)CC1)NC2=O. The summed E-state index contributed by atoms with van der Waals surface area (Å²) in [6.45, 7) is 2.16. The smallest absolute Gasteiger partial charge is 0.328 e. The van der Waals surface area contributed by atoms with Gasteiger partial charge in [-0.05, 0) is 87.1 Å². The Morgan fingerprint density at radius 1 is 1.12 bits per heavy atom. The Hall–Kier alpha value is -3.19. The van der Waals surface area contributed by atoms with E-state index in [1.807, 2.05) is 6.92 Å². The summed E-state index contributed by atoms with van der Waals surface area (Å²) in [5.41, 5.74) is 1.08. The van der Waals surface area contributed by atoms with Gasteiger partial charge in [0.15, 0.2) is 0 Å². The summed E-state index contributed by atoms with van der Waals surface area (Å²) < 4.78 is 52.7. The largest absolute Gasteiger partial charge is 0.329 e. The van der Waals surface area contributed by atoms with Crippen molar-refractivity contribution in [3.05, 3.63) is 41.5 Å². The van der Waals surface area contributed by atoms with Crippen molar-refractivity contribution in [2.24, 2.45) is 16.8 Å². The number of hydrogen-bond donors (Lipinski definition) is 2. The highest BCUT2D eigenvalue weighted by molar-refractivity contribution is 7.89. The molecule has 2 saturated heterocycles. The molecule has 3 fully saturated rings. The second-order valence-corrected chi connectivity index (χ2v) is 13.4. The van der Waals surface area contributed by atoms with Gasteiger partial charge in [-0.3, -0.25) is 14.6 Å². The van der Waals surface area contributed by atoms with E-state index in [0.29, 0.717) is 24.4 Å². The van der Waals surface area contributed by atoms with E-state index in [1.165, 1.54) is 4.31 Å². The minimum atomic E-state index is -3.59. The molecule has 0 aromatic heterocycles. The number of rotatable bonds is 8. The standard InChI is InChI=1S/C28H35F2N5O5S/c1-18-16-22(35-24(36)17-31-27(35)38)8-7-20(18)10-15-41(39,40)34-13-11-28(12-14-34)26(37)32-25(33-28)21-5-2-19(3-6-21)4-9-23(29)30/h4,7-9,16,19,21,23H,2-3,5-6,10-15,17H2,1H3,(H,31,38)(H,32,33,37)/b9-4+. The molecule has 4 aliphatic rings. The molecule has 1 aliphatic carbocycles. The molecule has 222 valence electrons. The molecule has 10 nitrogen and oxygen atoms in total. The molecule has 1 saturated carbocycles. The number of amidine groups is 1. The number of aryl methyl sites for hydroxylation is 2. The van der Waals surface area contributed by atoms with E-state index in [0.717, 1.165) is 47.8 Å². The molecule has 2 N–H and O–H groups in total. The predicted molar refractivity (Wildman–Crippen MR) is 149 cm³/mol. The van der Waals surface area contributed by atoms with E-state index in [2.05, 4.69) is 10.6 Å². The molecule has 3 heterocycles. The highest BCUT2D eigenvalue weighted by Crippen LogP contribution is 2.36. The summed E-state index contributed by atoms with van der Waals surface area (Å²) in [6, 6.07) is 4.61. The third-order valence-electron chi connectivity index (χ3n) is 8.69. The Labute approximate surface area is 238 Å². The van der Waals surface area contributed by atoms with Gasteiger partial charge in [-0.2, -0.15) is 0 Å². The lowest BCUT2D eigenvalue weighted by molar-refractivity contribution is -0.125. The average molecular weight is 592 g/mol. The lowest BCUT2D eigenvalue weighted by Crippen LogP contribution is -2.51. The summed E-state index contributed by atoms with van der Waals surface area (Å²) in [6.07, 6.45) is 3.98. The van der Waals surface area contributed by atoms with Crippen LogP contribution < -0.4 is 15.5 Å². The van der Waals surface area contributed by atoms with Crippen molar-refractivity contribution in [3.63, 3.8) is 0 Å². The number of imide groups is 1. The van der Waals surface area contributed by atoms with E-state index >= 15 is 0 Å². The van der Waals surface area contributed by atoms with Crippen molar-refractivity contribution in [3.8, 4) is 0 Å². The van der Waals surface area contributed by atoms with E-state index in [4.69, 9.17) is 4.99 Å². The molecule has 3 aliphatic heterocycles. The van der Waals surface area contributed by atoms with Crippen molar-refractivity contribution in [1.29, 1.82) is 0 Å². The third kappa shape index (κ3) is 6.20. The number of piperidine rings is 1. The van der Waals surface area contributed by atoms with Crippen LogP contribution >= 0.6 is 0 Å². The van der Waals surface area contributed by atoms with Crippen molar-refractivity contribution < 1.29 is 31.6 Å². The summed E-state index contributed by atoms with van der Waals surface area (Å²) in [7, 11) is -3.59. The molecule has 0 atom stereocenters. The zero-order valence-corrected chi connectivity index (χ0v) is 23.8. The Morgan fingerprint density at radius 3 is 2.44 bits per heavy atom. The molecule has 13 heteroatoms. The summed E-state index contributed by atoms with van der Waals surface area (Å²) in [4.78, 5) is 42.8. The molecular formula is C28H35F2N5O5S. The Balaban J connectivity index is 1.16. The molecule has 5 rings (SSSR count). The number of urea groups is 1. The zero-order valence-electron chi connectivity index (χ0n) is 22.9. The van der Waals surface area contributed by atoms with Crippen molar-refractivity contribution in [2.75, 3.05) is 30.3 Å². The Morgan fingerprint density at radius 2 is 1.83 bits per heavy atom. The maximum absolute atomic E-state index is 13.2. The second kappa shape index (κ2) is 11.6. The molecule has 0 unspecified atom stereocenters. The van der Waals surface area contributed by atoms with Crippen molar-refractivity contribution in [2.45, 2.75) is 63.8 Å². The van der Waals surface area contributed by atoms with Crippen LogP contribution in [0.15, 0.2) is 35.3 Å². The minimum absolute atomic E-state index is 0.0480. The summed E-state index contributed by atoms with van der Waals surface area (Å²) in [5.74, 6) is 0.196. The molecule has 41 heavy (non-hydrogen) atoms. The number of sulfonamides is 1. The number of hydrogen-bond acceptors (Lipinski definition) is 6. The quantitative estimate of drug-likeness (QED) is 0.355. The summed E-state index contributed by atoms with van der Waals surface area (Å²) in [5, 5.41) is 5.42. The van der Waals surface area contributed by atoms with Crippen LogP contribution in [-0.2, 0) is 26.0 Å². The first-order valence-electron chi connectivity index (χ1n) is 14.0. The molecule has 1 aromatic carbocycles. The summed E-state index contributed by atoms with van der Waals surface area (Å²) >= 11 is 0.